The van der Waals surface area contributed by atoms with Gasteiger partial charge in [0.15, 0.2) is 6.54 Å². The number of halogens is 3. The third kappa shape index (κ3) is 5.21. The summed E-state index contributed by atoms with van der Waals surface area (Å²) in [7, 11) is 0. The average Bonchev–Trinajstić information content (AvgIpc) is 2.53. The average molecular weight is 417 g/mol. The molecular weight excluding hydrogens is 399 g/mol. The zero-order chi connectivity index (χ0) is 16.8. The van der Waals surface area contributed by atoms with Crippen molar-refractivity contribution in [3.8, 4) is 0 Å². The molecule has 0 aliphatic rings. The lowest BCUT2D eigenvalue weighted by Crippen LogP contribution is -2.87. The lowest BCUT2D eigenvalue weighted by atomic mass is 10.0. The van der Waals surface area contributed by atoms with Crippen molar-refractivity contribution in [3.63, 3.8) is 0 Å². The van der Waals surface area contributed by atoms with Crippen LogP contribution in [0.25, 0.3) is 0 Å². The number of nitrogens with one attached hydrogen (secondary N) is 1. The molecule has 0 aromatic heterocycles. The van der Waals surface area contributed by atoms with E-state index in [2.05, 4.69) is 40.3 Å². The van der Waals surface area contributed by atoms with Crippen LogP contribution in [0.15, 0.2) is 46.9 Å². The van der Waals surface area contributed by atoms with Gasteiger partial charge in [-0.15, -0.1) is 0 Å². The van der Waals surface area contributed by atoms with Crippen molar-refractivity contribution in [1.29, 1.82) is 0 Å². The van der Waals surface area contributed by atoms with E-state index in [0.29, 0.717) is 22.3 Å². The van der Waals surface area contributed by atoms with E-state index < -0.39 is 0 Å². The van der Waals surface area contributed by atoms with Crippen LogP contribution in [-0.4, -0.2) is 12.5 Å². The minimum Gasteiger partial charge on any atom is -0.332 e. The van der Waals surface area contributed by atoms with Crippen LogP contribution in [0.1, 0.15) is 24.9 Å². The summed E-state index contributed by atoms with van der Waals surface area (Å²) in [5.41, 5.74) is 1.66. The molecule has 6 heteroatoms. The molecule has 2 rings (SSSR count). The van der Waals surface area contributed by atoms with Crippen LogP contribution in [0.5, 0.6) is 0 Å². The molecule has 0 unspecified atom stereocenters. The summed E-state index contributed by atoms with van der Waals surface area (Å²) in [6.07, 6.45) is 0.932. The highest BCUT2D eigenvalue weighted by Crippen LogP contribution is 2.29. The third-order valence-electron chi connectivity index (χ3n) is 3.55. The van der Waals surface area contributed by atoms with E-state index in [4.69, 9.17) is 23.2 Å². The Morgan fingerprint density at radius 1 is 1.17 bits per heavy atom. The molecule has 0 radical (unpaired) electrons. The molecule has 23 heavy (non-hydrogen) atoms. The first-order valence-corrected chi connectivity index (χ1v) is 8.88. The molecule has 0 saturated carbocycles. The van der Waals surface area contributed by atoms with E-state index in [9.17, 15) is 4.79 Å². The largest absolute Gasteiger partial charge is 0.332 e. The van der Waals surface area contributed by atoms with Crippen molar-refractivity contribution >= 4 is 50.7 Å². The van der Waals surface area contributed by atoms with Gasteiger partial charge >= 0.3 is 0 Å². The van der Waals surface area contributed by atoms with Crippen LogP contribution >= 0.6 is 39.1 Å². The number of carbonyl (C=O) groups excluding carboxylic acids is 1. The number of benzene rings is 2. The fraction of sp³-hybridized carbons (Fsp3) is 0.235. The number of hydrogen-bond acceptors (Lipinski definition) is 1. The van der Waals surface area contributed by atoms with E-state index in [-0.39, 0.29) is 11.9 Å². The van der Waals surface area contributed by atoms with Gasteiger partial charge in [-0.1, -0.05) is 64.3 Å². The second-order valence-corrected chi connectivity index (χ2v) is 6.88. The SMILES string of the molecule is CC[C@H]([NH2+]CC(=O)Nc1c(Cl)cccc1Cl)c1ccc(Br)cc1. The van der Waals surface area contributed by atoms with Crippen molar-refractivity contribution in [2.24, 2.45) is 0 Å². The maximum Gasteiger partial charge on any atom is 0.279 e. The summed E-state index contributed by atoms with van der Waals surface area (Å²) in [6.45, 7) is 2.40. The minimum atomic E-state index is -0.129. The van der Waals surface area contributed by atoms with E-state index in [1.807, 2.05) is 17.4 Å². The standard InChI is InChI=1S/C17H17BrCl2N2O/c1-2-15(11-6-8-12(18)9-7-11)21-10-16(23)22-17-13(19)4-3-5-14(17)20/h3-9,15,21H,2,10H2,1H3,(H,22,23)/p+1/t15-/m0/s1. The number of hydrogen-bond donors (Lipinski definition) is 2. The van der Waals surface area contributed by atoms with Gasteiger partial charge in [0.1, 0.15) is 6.04 Å². The van der Waals surface area contributed by atoms with Crippen LogP contribution in [0.3, 0.4) is 0 Å². The summed E-state index contributed by atoms with van der Waals surface area (Å²) in [4.78, 5) is 12.2. The van der Waals surface area contributed by atoms with Crippen molar-refractivity contribution < 1.29 is 10.1 Å². The number of amides is 1. The lowest BCUT2D eigenvalue weighted by molar-refractivity contribution is -0.686. The van der Waals surface area contributed by atoms with Gasteiger partial charge in [-0.05, 0) is 24.3 Å². The number of rotatable bonds is 6. The zero-order valence-electron chi connectivity index (χ0n) is 12.7. The van der Waals surface area contributed by atoms with Gasteiger partial charge in [0.2, 0.25) is 0 Å². The molecule has 0 fully saturated rings. The minimum absolute atomic E-state index is 0.129. The number of anilines is 1. The smallest absolute Gasteiger partial charge is 0.279 e. The molecule has 2 aromatic carbocycles. The molecule has 0 bridgehead atoms. The first-order valence-electron chi connectivity index (χ1n) is 7.34. The second-order valence-electron chi connectivity index (χ2n) is 5.15. The Balaban J connectivity index is 1.96. The molecule has 1 atom stereocenters. The molecule has 2 aromatic rings. The zero-order valence-corrected chi connectivity index (χ0v) is 15.8. The van der Waals surface area contributed by atoms with E-state index in [1.165, 1.54) is 5.56 Å². The predicted octanol–water partition coefficient (Wildman–Crippen LogP) is 4.41. The maximum atomic E-state index is 12.2. The maximum absolute atomic E-state index is 12.2. The summed E-state index contributed by atoms with van der Waals surface area (Å²) in [6, 6.07) is 13.5. The quantitative estimate of drug-likeness (QED) is 0.719. The van der Waals surface area contributed by atoms with Gasteiger partial charge in [0.25, 0.3) is 5.91 Å². The van der Waals surface area contributed by atoms with E-state index >= 15 is 0 Å². The highest BCUT2D eigenvalue weighted by molar-refractivity contribution is 9.10. The number of quaternary nitrogens is 1. The van der Waals surface area contributed by atoms with Gasteiger partial charge in [-0.3, -0.25) is 4.79 Å². The molecule has 0 aliphatic heterocycles. The number of carbonyl (C=O) groups is 1. The molecule has 0 saturated heterocycles. The van der Waals surface area contributed by atoms with Gasteiger partial charge in [-0.2, -0.15) is 0 Å². The Morgan fingerprint density at radius 2 is 1.78 bits per heavy atom. The van der Waals surface area contributed by atoms with Crippen LogP contribution in [0.4, 0.5) is 5.69 Å². The van der Waals surface area contributed by atoms with Crippen molar-refractivity contribution in [2.75, 3.05) is 11.9 Å². The van der Waals surface area contributed by atoms with Gasteiger partial charge < -0.3 is 10.6 Å². The first kappa shape index (κ1) is 18.3. The normalized spacial score (nSPS) is 12.0. The monoisotopic (exact) mass is 415 g/mol. The summed E-state index contributed by atoms with van der Waals surface area (Å²) < 4.78 is 1.04. The van der Waals surface area contributed by atoms with Crippen molar-refractivity contribution in [2.45, 2.75) is 19.4 Å². The fourth-order valence-corrected chi connectivity index (χ4v) is 3.06. The van der Waals surface area contributed by atoms with Crippen molar-refractivity contribution in [3.05, 3.63) is 62.5 Å². The van der Waals surface area contributed by atoms with Crippen LogP contribution in [0.2, 0.25) is 10.0 Å². The van der Waals surface area contributed by atoms with Crippen LogP contribution in [-0.2, 0) is 4.79 Å². The molecular formula is C17H18BrCl2N2O+. The Morgan fingerprint density at radius 3 is 2.35 bits per heavy atom. The summed E-state index contributed by atoms with van der Waals surface area (Å²) in [5, 5.41) is 5.67. The topological polar surface area (TPSA) is 45.7 Å². The highest BCUT2D eigenvalue weighted by Gasteiger charge is 2.16. The fourth-order valence-electron chi connectivity index (χ4n) is 2.31. The summed E-state index contributed by atoms with van der Waals surface area (Å²) in [5.74, 6) is -0.129. The molecule has 3 N–H and O–H groups in total. The van der Waals surface area contributed by atoms with Crippen molar-refractivity contribution in [1.82, 2.24) is 0 Å². The lowest BCUT2D eigenvalue weighted by Gasteiger charge is -2.15. The number of para-hydroxylation sites is 1. The van der Waals surface area contributed by atoms with Gasteiger partial charge in [0, 0.05) is 16.5 Å². The second kappa shape index (κ2) is 8.69. The van der Waals surface area contributed by atoms with Gasteiger partial charge in [-0.25, -0.2) is 0 Å². The van der Waals surface area contributed by atoms with Gasteiger partial charge in [0.05, 0.1) is 15.7 Å². The molecule has 122 valence electrons. The molecule has 3 nitrogen and oxygen atoms in total. The summed E-state index contributed by atoms with van der Waals surface area (Å²) >= 11 is 15.6. The molecule has 0 heterocycles. The van der Waals surface area contributed by atoms with E-state index in [0.717, 1.165) is 10.9 Å². The number of nitrogens with two attached hydrogens (primary N) is 1. The molecule has 0 aliphatic carbocycles. The molecule has 0 spiro atoms. The Bertz CT molecular complexity index is 657. The molecule has 1 amide bonds. The Hall–Kier alpha value is -1.07. The Kier molecular flexibility index (Phi) is 6.90. The Labute approximate surface area is 154 Å². The first-order chi connectivity index (χ1) is 11.0. The van der Waals surface area contributed by atoms with E-state index in [1.54, 1.807) is 18.2 Å². The third-order valence-corrected chi connectivity index (χ3v) is 4.71. The highest BCUT2D eigenvalue weighted by atomic mass is 79.9. The predicted molar refractivity (Wildman–Crippen MR) is 99.1 cm³/mol. The van der Waals surface area contributed by atoms with Crippen LogP contribution in [0, 0.1) is 0 Å². The van der Waals surface area contributed by atoms with Crippen LogP contribution < -0.4 is 10.6 Å².